The van der Waals surface area contributed by atoms with Crippen LogP contribution in [0.1, 0.15) is 10.4 Å². The van der Waals surface area contributed by atoms with Crippen molar-refractivity contribution in [2.24, 2.45) is 0 Å². The van der Waals surface area contributed by atoms with Crippen molar-refractivity contribution in [1.29, 1.82) is 0 Å². The van der Waals surface area contributed by atoms with Gasteiger partial charge in [-0.15, -0.1) is 0 Å². The Hall–Kier alpha value is -2.47. The van der Waals surface area contributed by atoms with Gasteiger partial charge in [0.05, 0.1) is 22.0 Å². The average molecular weight is 309 g/mol. The van der Waals surface area contributed by atoms with Crippen molar-refractivity contribution in [3.8, 4) is 11.5 Å². The van der Waals surface area contributed by atoms with Crippen molar-refractivity contribution >= 4 is 28.9 Å². The van der Waals surface area contributed by atoms with Crippen LogP contribution in [-0.4, -0.2) is 12.7 Å². The molecule has 0 saturated carbocycles. The van der Waals surface area contributed by atoms with Crippen LogP contribution in [0, 0.1) is 5.82 Å². The molecule has 1 aliphatic rings. The number of nitrogens with one attached hydrogen (secondary N) is 1. The van der Waals surface area contributed by atoms with E-state index in [4.69, 9.17) is 26.8 Å². The summed E-state index contributed by atoms with van der Waals surface area (Å²) >= 11 is 5.78. The smallest absolute Gasteiger partial charge is 0.257 e. The van der Waals surface area contributed by atoms with Gasteiger partial charge in [-0.25, -0.2) is 4.39 Å². The highest BCUT2D eigenvalue weighted by molar-refractivity contribution is 6.34. The van der Waals surface area contributed by atoms with Crippen molar-refractivity contribution in [1.82, 2.24) is 0 Å². The molecule has 3 N–H and O–H groups in total. The summed E-state index contributed by atoms with van der Waals surface area (Å²) in [5.74, 6) is -0.243. The summed E-state index contributed by atoms with van der Waals surface area (Å²) < 4.78 is 23.7. The summed E-state index contributed by atoms with van der Waals surface area (Å²) in [6.45, 7) is 0.0991. The fraction of sp³-hybridized carbons (Fsp3) is 0.0714. The van der Waals surface area contributed by atoms with Gasteiger partial charge in [0.15, 0.2) is 11.5 Å². The maximum absolute atomic E-state index is 13.4. The number of rotatable bonds is 2. The summed E-state index contributed by atoms with van der Waals surface area (Å²) in [5, 5.41) is 2.33. The van der Waals surface area contributed by atoms with Crippen LogP contribution < -0.4 is 20.5 Å². The largest absolute Gasteiger partial charge is 0.454 e. The van der Waals surface area contributed by atoms with Gasteiger partial charge in [0.25, 0.3) is 5.91 Å². The Morgan fingerprint density at radius 1 is 1.29 bits per heavy atom. The number of nitrogens with two attached hydrogens (primary N) is 1. The van der Waals surface area contributed by atoms with Crippen LogP contribution in [0.4, 0.5) is 15.8 Å². The van der Waals surface area contributed by atoms with E-state index in [1.165, 1.54) is 18.2 Å². The summed E-state index contributed by atoms with van der Waals surface area (Å²) in [6, 6.07) is 7.09. The van der Waals surface area contributed by atoms with E-state index in [9.17, 15) is 9.18 Å². The van der Waals surface area contributed by atoms with Crippen LogP contribution in [0.5, 0.6) is 11.5 Å². The van der Waals surface area contributed by atoms with Gasteiger partial charge in [-0.3, -0.25) is 4.79 Å². The molecule has 5 nitrogen and oxygen atoms in total. The normalized spacial score (nSPS) is 12.3. The number of carbonyl (C=O) groups is 1. The van der Waals surface area contributed by atoms with Gasteiger partial charge in [0.2, 0.25) is 6.79 Å². The third-order valence-corrected chi connectivity index (χ3v) is 3.37. The molecule has 2 aromatic rings. The molecule has 1 heterocycles. The van der Waals surface area contributed by atoms with Gasteiger partial charge in [-0.2, -0.15) is 0 Å². The molecule has 0 atom stereocenters. The van der Waals surface area contributed by atoms with E-state index >= 15 is 0 Å². The second-order valence-electron chi connectivity index (χ2n) is 4.35. The van der Waals surface area contributed by atoms with Crippen molar-refractivity contribution in [2.45, 2.75) is 0 Å². The number of anilines is 2. The van der Waals surface area contributed by atoms with E-state index in [-0.39, 0.29) is 17.4 Å². The molecule has 0 aromatic heterocycles. The third kappa shape index (κ3) is 2.45. The van der Waals surface area contributed by atoms with Crippen LogP contribution >= 0.6 is 11.6 Å². The maximum Gasteiger partial charge on any atom is 0.257 e. The quantitative estimate of drug-likeness (QED) is 0.836. The molecule has 108 valence electrons. The standard InChI is InChI=1S/C14H10ClFN2O3/c15-13-7(2-1-3-8(13)16)14(19)18-10-5-12-11(4-9(10)17)20-6-21-12/h1-5H,6,17H2,(H,18,19). The zero-order valence-electron chi connectivity index (χ0n) is 10.7. The predicted molar refractivity (Wildman–Crippen MR) is 76.3 cm³/mol. The van der Waals surface area contributed by atoms with Crippen LogP contribution in [0.15, 0.2) is 30.3 Å². The zero-order valence-corrected chi connectivity index (χ0v) is 11.4. The van der Waals surface area contributed by atoms with E-state index < -0.39 is 11.7 Å². The molecule has 0 unspecified atom stereocenters. The molecule has 3 rings (SSSR count). The fourth-order valence-electron chi connectivity index (χ4n) is 1.93. The van der Waals surface area contributed by atoms with E-state index in [1.807, 2.05) is 0 Å². The third-order valence-electron chi connectivity index (χ3n) is 2.99. The number of halogens is 2. The second kappa shape index (κ2) is 5.14. The molecular weight excluding hydrogens is 299 g/mol. The average Bonchev–Trinajstić information content (AvgIpc) is 2.89. The number of ether oxygens (including phenoxy) is 2. The molecule has 7 heteroatoms. The number of fused-ring (bicyclic) bond motifs is 1. The molecule has 0 saturated heterocycles. The summed E-state index contributed by atoms with van der Waals surface area (Å²) in [4.78, 5) is 12.1. The Morgan fingerprint density at radius 3 is 2.76 bits per heavy atom. The maximum atomic E-state index is 13.4. The number of hydrogen-bond donors (Lipinski definition) is 2. The Bertz CT molecular complexity index is 736. The SMILES string of the molecule is Nc1cc2c(cc1NC(=O)c1cccc(F)c1Cl)OCO2. The lowest BCUT2D eigenvalue weighted by molar-refractivity contribution is 0.102. The molecule has 21 heavy (non-hydrogen) atoms. The van der Waals surface area contributed by atoms with Gasteiger partial charge in [0, 0.05) is 12.1 Å². The van der Waals surface area contributed by atoms with Crippen LogP contribution in [0.25, 0.3) is 0 Å². The summed E-state index contributed by atoms with van der Waals surface area (Å²) in [6.07, 6.45) is 0. The van der Waals surface area contributed by atoms with Gasteiger partial charge in [0.1, 0.15) is 5.82 Å². The van der Waals surface area contributed by atoms with Crippen LogP contribution in [-0.2, 0) is 0 Å². The minimum Gasteiger partial charge on any atom is -0.454 e. The Kier molecular flexibility index (Phi) is 3.31. The predicted octanol–water partition coefficient (Wildman–Crippen LogP) is 3.04. The Morgan fingerprint density at radius 2 is 2.00 bits per heavy atom. The molecule has 0 fully saturated rings. The minimum absolute atomic E-state index is 0.0220. The molecule has 0 bridgehead atoms. The molecule has 0 radical (unpaired) electrons. The number of carbonyl (C=O) groups excluding carboxylic acids is 1. The highest BCUT2D eigenvalue weighted by atomic mass is 35.5. The zero-order chi connectivity index (χ0) is 15.0. The number of hydrogen-bond acceptors (Lipinski definition) is 4. The lowest BCUT2D eigenvalue weighted by Crippen LogP contribution is -2.14. The van der Waals surface area contributed by atoms with Crippen LogP contribution in [0.2, 0.25) is 5.02 Å². The Labute approximate surface area is 124 Å². The Balaban J connectivity index is 1.90. The van der Waals surface area contributed by atoms with E-state index in [2.05, 4.69) is 5.32 Å². The van der Waals surface area contributed by atoms with Crippen molar-refractivity contribution in [2.75, 3.05) is 17.8 Å². The topological polar surface area (TPSA) is 73.6 Å². The first-order chi connectivity index (χ1) is 10.1. The summed E-state index contributed by atoms with van der Waals surface area (Å²) in [5.41, 5.74) is 6.50. The van der Waals surface area contributed by atoms with Crippen molar-refractivity contribution < 1.29 is 18.7 Å². The molecule has 1 amide bonds. The molecule has 2 aromatic carbocycles. The first kappa shape index (κ1) is 13.5. The van der Waals surface area contributed by atoms with Gasteiger partial charge in [-0.05, 0) is 12.1 Å². The molecule has 0 spiro atoms. The minimum atomic E-state index is -0.664. The highest BCUT2D eigenvalue weighted by Gasteiger charge is 2.19. The monoisotopic (exact) mass is 308 g/mol. The molecule has 0 aliphatic carbocycles. The highest BCUT2D eigenvalue weighted by Crippen LogP contribution is 2.38. The summed E-state index contributed by atoms with van der Waals surface area (Å²) in [7, 11) is 0. The van der Waals surface area contributed by atoms with E-state index in [1.54, 1.807) is 12.1 Å². The molecular formula is C14H10ClFN2O3. The number of benzene rings is 2. The molecule has 1 aliphatic heterocycles. The van der Waals surface area contributed by atoms with E-state index in [0.717, 1.165) is 0 Å². The first-order valence-corrected chi connectivity index (χ1v) is 6.38. The lowest BCUT2D eigenvalue weighted by atomic mass is 10.2. The van der Waals surface area contributed by atoms with Crippen molar-refractivity contribution in [3.05, 3.63) is 46.7 Å². The second-order valence-corrected chi connectivity index (χ2v) is 4.73. The van der Waals surface area contributed by atoms with Gasteiger partial charge < -0.3 is 20.5 Å². The lowest BCUT2D eigenvalue weighted by Gasteiger charge is -2.10. The first-order valence-electron chi connectivity index (χ1n) is 6.01. The number of amides is 1. The fourth-order valence-corrected chi connectivity index (χ4v) is 2.15. The number of nitrogen functional groups attached to an aromatic ring is 1. The van der Waals surface area contributed by atoms with E-state index in [0.29, 0.717) is 22.9 Å². The van der Waals surface area contributed by atoms with Gasteiger partial charge >= 0.3 is 0 Å². The van der Waals surface area contributed by atoms with Gasteiger partial charge in [-0.1, -0.05) is 17.7 Å². The van der Waals surface area contributed by atoms with Crippen LogP contribution in [0.3, 0.4) is 0 Å². The van der Waals surface area contributed by atoms with Crippen molar-refractivity contribution in [3.63, 3.8) is 0 Å².